The van der Waals surface area contributed by atoms with Crippen LogP contribution in [0.2, 0.25) is 0 Å². The van der Waals surface area contributed by atoms with E-state index in [1.807, 2.05) is 13.8 Å². The monoisotopic (exact) mass is 741 g/mol. The molecular weight excluding hydrogens is 665 g/mol. The van der Waals surface area contributed by atoms with Crippen LogP contribution in [0.1, 0.15) is 152 Å². The summed E-state index contributed by atoms with van der Waals surface area (Å²) < 4.78 is 6.29. The lowest BCUT2D eigenvalue weighted by Gasteiger charge is -2.73. The lowest BCUT2D eigenvalue weighted by molar-refractivity contribution is -0.251. The van der Waals surface area contributed by atoms with Gasteiger partial charge >= 0.3 is 11.9 Å². The van der Waals surface area contributed by atoms with Gasteiger partial charge in [-0.05, 0) is 160 Å². The number of allylic oxidation sites excluding steroid dienone is 1. The van der Waals surface area contributed by atoms with E-state index in [9.17, 15) is 24.9 Å². The number of ether oxygens (including phenoxy) is 1. The van der Waals surface area contributed by atoms with Gasteiger partial charge in [0.25, 0.3) is 0 Å². The number of β-amino-alcohol motifs (C(OH)–C–C–N with tert-alkyl or cyclic N) is 1. The summed E-state index contributed by atoms with van der Waals surface area (Å²) in [6.45, 7) is 26.1. The van der Waals surface area contributed by atoms with Gasteiger partial charge in [0.05, 0.1) is 19.4 Å². The van der Waals surface area contributed by atoms with Crippen molar-refractivity contribution in [2.45, 2.75) is 170 Å². The van der Waals surface area contributed by atoms with E-state index < -0.39 is 17.6 Å². The quantitative estimate of drug-likeness (QED) is 0.0899. The number of hydrogen-bond acceptors (Lipinski definition) is 7. The first-order valence-corrected chi connectivity index (χ1v) is 21.6. The van der Waals surface area contributed by atoms with Gasteiger partial charge in [-0.2, -0.15) is 0 Å². The minimum absolute atomic E-state index is 0.0460. The Labute approximate surface area is 321 Å². The predicted molar refractivity (Wildman–Crippen MR) is 210 cm³/mol. The SMILES string of the molecule is C=C(C)[C@@H]1CC[C@]2(CC(O)NC3CCN(CCO)CC3)CC[C@]3(C)[C@H](CC[C@@H]4[C@@]5(C)CC[C@H](OC(=O)CC(C)(C)CC(=O)O)C(C)(C)[C@@H]5CC[C@]43C)[C@@H]12. The van der Waals surface area contributed by atoms with Gasteiger partial charge in [-0.25, -0.2) is 0 Å². The summed E-state index contributed by atoms with van der Waals surface area (Å²) >= 11 is 0. The van der Waals surface area contributed by atoms with Crippen molar-refractivity contribution in [2.24, 2.45) is 62.1 Å². The van der Waals surface area contributed by atoms with E-state index in [-0.39, 0.29) is 58.6 Å². The number of carbonyl (C=O) groups excluding carboxylic acids is 1. The van der Waals surface area contributed by atoms with Crippen molar-refractivity contribution in [3.63, 3.8) is 0 Å². The molecular formula is C45H76N2O6. The Morgan fingerprint density at radius 3 is 2.23 bits per heavy atom. The zero-order chi connectivity index (χ0) is 38.8. The van der Waals surface area contributed by atoms with Crippen LogP contribution in [-0.4, -0.2) is 76.8 Å². The summed E-state index contributed by atoms with van der Waals surface area (Å²) in [6, 6.07) is 0.332. The molecule has 1 heterocycles. The van der Waals surface area contributed by atoms with Crippen molar-refractivity contribution in [2.75, 3.05) is 26.2 Å². The highest BCUT2D eigenvalue weighted by atomic mass is 16.5. The molecule has 0 bridgehead atoms. The smallest absolute Gasteiger partial charge is 0.306 e. The average Bonchev–Trinajstić information content (AvgIpc) is 3.42. The van der Waals surface area contributed by atoms with Crippen molar-refractivity contribution in [3.8, 4) is 0 Å². The van der Waals surface area contributed by atoms with E-state index in [4.69, 9.17) is 4.74 Å². The van der Waals surface area contributed by atoms with Crippen molar-refractivity contribution < 1.29 is 29.6 Å². The topological polar surface area (TPSA) is 119 Å². The third kappa shape index (κ3) is 7.31. The van der Waals surface area contributed by atoms with Crippen LogP contribution in [0, 0.1) is 62.1 Å². The third-order valence-electron chi connectivity index (χ3n) is 17.7. The largest absolute Gasteiger partial charge is 0.481 e. The van der Waals surface area contributed by atoms with Crippen LogP contribution in [0.3, 0.4) is 0 Å². The van der Waals surface area contributed by atoms with Crippen LogP contribution in [-0.2, 0) is 14.3 Å². The normalized spacial score (nSPS) is 42.1. The number of fused-ring (bicyclic) bond motifs is 7. The molecule has 8 nitrogen and oxygen atoms in total. The highest BCUT2D eigenvalue weighted by molar-refractivity contribution is 5.73. The number of aliphatic hydroxyl groups is 2. The zero-order valence-electron chi connectivity index (χ0n) is 34.8. The lowest BCUT2D eigenvalue weighted by atomic mass is 9.32. The summed E-state index contributed by atoms with van der Waals surface area (Å²) in [6.07, 6.45) is 13.9. The molecule has 0 aromatic heterocycles. The molecule has 4 N–H and O–H groups in total. The lowest BCUT2D eigenvalue weighted by Crippen LogP contribution is -2.67. The van der Waals surface area contributed by atoms with Crippen LogP contribution < -0.4 is 5.32 Å². The molecule has 6 fully saturated rings. The maximum Gasteiger partial charge on any atom is 0.306 e. The number of likely N-dealkylation sites (tertiary alicyclic amines) is 1. The van der Waals surface area contributed by atoms with Crippen LogP contribution in [0.5, 0.6) is 0 Å². The minimum Gasteiger partial charge on any atom is -0.481 e. The number of aliphatic carboxylic acids is 1. The van der Waals surface area contributed by atoms with Crippen molar-refractivity contribution in [1.29, 1.82) is 0 Å². The molecule has 1 saturated heterocycles. The van der Waals surface area contributed by atoms with Crippen molar-refractivity contribution in [1.82, 2.24) is 10.2 Å². The van der Waals surface area contributed by atoms with E-state index in [1.54, 1.807) is 0 Å². The van der Waals surface area contributed by atoms with E-state index in [0.29, 0.717) is 35.6 Å². The molecule has 1 unspecified atom stereocenters. The average molecular weight is 741 g/mol. The molecule has 302 valence electrons. The molecule has 0 amide bonds. The van der Waals surface area contributed by atoms with Crippen molar-refractivity contribution >= 4 is 11.9 Å². The summed E-state index contributed by atoms with van der Waals surface area (Å²) in [5, 5.41) is 34.1. The molecule has 0 spiro atoms. The fourth-order valence-corrected chi connectivity index (χ4v) is 15.1. The second-order valence-electron chi connectivity index (χ2n) is 21.5. The first-order valence-electron chi connectivity index (χ1n) is 21.6. The summed E-state index contributed by atoms with van der Waals surface area (Å²) in [7, 11) is 0. The number of esters is 1. The van der Waals surface area contributed by atoms with E-state index >= 15 is 0 Å². The Hall–Kier alpha value is -1.48. The van der Waals surface area contributed by atoms with E-state index in [0.717, 1.165) is 58.2 Å². The summed E-state index contributed by atoms with van der Waals surface area (Å²) in [5.41, 5.74) is 1.29. The second-order valence-corrected chi connectivity index (χ2v) is 21.5. The highest BCUT2D eigenvalue weighted by Crippen LogP contribution is 2.78. The first kappa shape index (κ1) is 41.2. The molecule has 6 aliphatic rings. The second kappa shape index (κ2) is 14.8. The van der Waals surface area contributed by atoms with Crippen LogP contribution in [0.4, 0.5) is 0 Å². The Morgan fingerprint density at radius 2 is 1.58 bits per heavy atom. The van der Waals surface area contributed by atoms with Gasteiger partial charge in [-0.15, -0.1) is 0 Å². The number of carbonyl (C=O) groups is 2. The van der Waals surface area contributed by atoms with E-state index in [1.165, 1.54) is 50.5 Å². The Morgan fingerprint density at radius 1 is 0.887 bits per heavy atom. The number of aliphatic hydroxyl groups excluding tert-OH is 2. The predicted octanol–water partition coefficient (Wildman–Crippen LogP) is 8.20. The molecule has 5 saturated carbocycles. The minimum atomic E-state index is -0.881. The van der Waals surface area contributed by atoms with Crippen LogP contribution in [0.15, 0.2) is 12.2 Å². The molecule has 6 rings (SSSR count). The van der Waals surface area contributed by atoms with Crippen LogP contribution in [0.25, 0.3) is 0 Å². The van der Waals surface area contributed by atoms with Gasteiger partial charge in [0.15, 0.2) is 0 Å². The Kier molecular flexibility index (Phi) is 11.5. The number of piperidine rings is 1. The number of nitrogens with zero attached hydrogens (tertiary/aromatic N) is 1. The summed E-state index contributed by atoms with van der Waals surface area (Å²) in [5.74, 6) is 1.63. The molecule has 53 heavy (non-hydrogen) atoms. The third-order valence-corrected chi connectivity index (χ3v) is 17.7. The maximum absolute atomic E-state index is 13.3. The Balaban J connectivity index is 1.19. The fourth-order valence-electron chi connectivity index (χ4n) is 15.1. The van der Waals surface area contributed by atoms with Gasteiger partial charge in [-0.1, -0.05) is 60.6 Å². The highest BCUT2D eigenvalue weighted by Gasteiger charge is 2.71. The maximum atomic E-state index is 13.3. The van der Waals surface area contributed by atoms with Gasteiger partial charge in [0, 0.05) is 18.0 Å². The van der Waals surface area contributed by atoms with Crippen LogP contribution >= 0.6 is 0 Å². The number of nitrogens with one attached hydrogen (secondary N) is 1. The van der Waals surface area contributed by atoms with Gasteiger partial charge in [-0.3, -0.25) is 14.9 Å². The molecule has 8 heteroatoms. The molecule has 0 aromatic rings. The number of hydrogen-bond donors (Lipinski definition) is 4. The van der Waals surface area contributed by atoms with E-state index in [2.05, 4.69) is 58.3 Å². The van der Waals surface area contributed by atoms with Crippen molar-refractivity contribution in [3.05, 3.63) is 12.2 Å². The van der Waals surface area contributed by atoms with Gasteiger partial charge in [0.1, 0.15) is 12.3 Å². The zero-order valence-corrected chi connectivity index (χ0v) is 34.8. The first-order chi connectivity index (χ1) is 24.7. The summed E-state index contributed by atoms with van der Waals surface area (Å²) in [4.78, 5) is 27.0. The van der Waals surface area contributed by atoms with Gasteiger partial charge < -0.3 is 25.0 Å². The van der Waals surface area contributed by atoms with Gasteiger partial charge in [0.2, 0.25) is 0 Å². The molecule has 0 aromatic carbocycles. The molecule has 5 aliphatic carbocycles. The standard InChI is InChI=1S/C45H76N2O6/c1-29(2)31-12-19-45(26-36(49)46-30-15-22-47(23-16-30)24-25-48)21-20-43(8)32(39(31)45)10-11-34-42(7)17-14-35(41(5,6)33(42)13-18-44(34,43)9)53-38(52)28-40(3,4)27-37(50)51/h30-36,39,46,48-49H,1,10-28H2,2-9H3,(H,50,51)/t31-,32+,33-,34+,35-,36?,39+,42-,43+,44+,45+/m0/s1. The number of rotatable bonds is 12. The Bertz CT molecular complexity index is 1370. The molecule has 1 aliphatic heterocycles. The number of carboxylic acid groups (broad SMARTS) is 1. The molecule has 0 radical (unpaired) electrons. The fraction of sp³-hybridized carbons (Fsp3) is 0.911. The number of carboxylic acids is 1. The molecule has 11 atom stereocenters.